The van der Waals surface area contributed by atoms with Crippen LogP contribution in [0.1, 0.15) is 35.5 Å². The summed E-state index contributed by atoms with van der Waals surface area (Å²) in [6.45, 7) is 4.95. The smallest absolute Gasteiger partial charge is 0.260 e. The van der Waals surface area contributed by atoms with E-state index in [1.807, 2.05) is 43.3 Å². The molecule has 0 aliphatic rings. The fourth-order valence-corrected chi connectivity index (χ4v) is 4.21. The lowest BCUT2D eigenvalue weighted by atomic mass is 10.1. The molecule has 4 aromatic rings. The molecule has 4 rings (SSSR count). The van der Waals surface area contributed by atoms with Gasteiger partial charge in [0.05, 0.1) is 29.6 Å². The van der Waals surface area contributed by atoms with Gasteiger partial charge in [-0.2, -0.15) is 0 Å². The molecule has 0 aliphatic heterocycles. The number of amides is 1. The van der Waals surface area contributed by atoms with Gasteiger partial charge < -0.3 is 9.15 Å². The zero-order valence-electron chi connectivity index (χ0n) is 16.4. The Hall–Kier alpha value is -3.12. The molecule has 0 saturated carbocycles. The normalized spacial score (nSPS) is 11.0. The Kier molecular flexibility index (Phi) is 5.62. The fourth-order valence-electron chi connectivity index (χ4n) is 3.20. The van der Waals surface area contributed by atoms with Crippen molar-refractivity contribution < 1.29 is 13.9 Å². The first-order valence-corrected chi connectivity index (χ1v) is 10.5. The van der Waals surface area contributed by atoms with E-state index in [2.05, 4.69) is 13.0 Å². The molecule has 2 aromatic heterocycles. The van der Waals surface area contributed by atoms with Gasteiger partial charge in [-0.3, -0.25) is 9.69 Å². The van der Waals surface area contributed by atoms with E-state index < -0.39 is 0 Å². The van der Waals surface area contributed by atoms with Crippen LogP contribution in [0.15, 0.2) is 65.3 Å². The summed E-state index contributed by atoms with van der Waals surface area (Å²) < 4.78 is 12.1. The van der Waals surface area contributed by atoms with Crippen LogP contribution in [-0.2, 0) is 13.0 Å². The highest BCUT2D eigenvalue weighted by Crippen LogP contribution is 2.33. The minimum absolute atomic E-state index is 0.124. The van der Waals surface area contributed by atoms with E-state index in [0.717, 1.165) is 22.4 Å². The van der Waals surface area contributed by atoms with Crippen molar-refractivity contribution in [2.24, 2.45) is 0 Å². The van der Waals surface area contributed by atoms with Gasteiger partial charge in [-0.1, -0.05) is 30.4 Å². The maximum atomic E-state index is 13.4. The molecule has 0 spiro atoms. The standard InChI is InChI=1S/C23H22N2O3S/c1-3-16-7-5-9-20-21(16)24-23(29-20)25(15-19-8-6-14-28-19)22(26)17-10-12-18(13-11-17)27-4-2/h5-14H,3-4,15H2,1-2H3. The Labute approximate surface area is 173 Å². The minimum atomic E-state index is -0.124. The Morgan fingerprint density at radius 1 is 1.10 bits per heavy atom. The maximum absolute atomic E-state index is 13.4. The van der Waals surface area contributed by atoms with Gasteiger partial charge in [0.15, 0.2) is 5.13 Å². The van der Waals surface area contributed by atoms with Crippen LogP contribution in [0, 0.1) is 0 Å². The summed E-state index contributed by atoms with van der Waals surface area (Å²) in [7, 11) is 0. The van der Waals surface area contributed by atoms with E-state index in [4.69, 9.17) is 14.1 Å². The third-order valence-electron chi connectivity index (χ3n) is 4.65. The predicted molar refractivity (Wildman–Crippen MR) is 116 cm³/mol. The van der Waals surface area contributed by atoms with E-state index >= 15 is 0 Å². The van der Waals surface area contributed by atoms with Gasteiger partial charge in [0.25, 0.3) is 5.91 Å². The summed E-state index contributed by atoms with van der Waals surface area (Å²) in [4.78, 5) is 19.9. The van der Waals surface area contributed by atoms with Crippen LogP contribution in [0.25, 0.3) is 10.2 Å². The van der Waals surface area contributed by atoms with Crippen molar-refractivity contribution >= 4 is 32.6 Å². The molecular weight excluding hydrogens is 384 g/mol. The number of benzene rings is 2. The third-order valence-corrected chi connectivity index (χ3v) is 5.70. The topological polar surface area (TPSA) is 55.6 Å². The summed E-state index contributed by atoms with van der Waals surface area (Å²) in [5, 5.41) is 0.663. The van der Waals surface area contributed by atoms with Crippen LogP contribution in [0.4, 0.5) is 5.13 Å². The molecule has 6 heteroatoms. The van der Waals surface area contributed by atoms with Crippen molar-refractivity contribution in [1.82, 2.24) is 4.98 Å². The van der Waals surface area contributed by atoms with E-state index in [-0.39, 0.29) is 5.91 Å². The number of carbonyl (C=O) groups is 1. The Morgan fingerprint density at radius 2 is 1.93 bits per heavy atom. The molecule has 0 aliphatic carbocycles. The van der Waals surface area contributed by atoms with E-state index in [1.54, 1.807) is 23.3 Å². The number of rotatable bonds is 7. The van der Waals surface area contributed by atoms with Crippen molar-refractivity contribution in [1.29, 1.82) is 0 Å². The number of fused-ring (bicyclic) bond motifs is 1. The second-order valence-electron chi connectivity index (χ2n) is 6.54. The summed E-state index contributed by atoms with van der Waals surface area (Å²) in [5.41, 5.74) is 2.71. The first-order valence-electron chi connectivity index (χ1n) is 9.65. The van der Waals surface area contributed by atoms with Crippen LogP contribution in [0.3, 0.4) is 0 Å². The van der Waals surface area contributed by atoms with Crippen LogP contribution < -0.4 is 9.64 Å². The average molecular weight is 407 g/mol. The van der Waals surface area contributed by atoms with E-state index in [9.17, 15) is 4.79 Å². The van der Waals surface area contributed by atoms with Crippen LogP contribution in [0.5, 0.6) is 5.75 Å². The van der Waals surface area contributed by atoms with Gasteiger partial charge in [-0.25, -0.2) is 4.98 Å². The van der Waals surface area contributed by atoms with E-state index in [0.29, 0.717) is 29.6 Å². The summed E-state index contributed by atoms with van der Waals surface area (Å²) in [6.07, 6.45) is 2.51. The molecule has 0 bridgehead atoms. The van der Waals surface area contributed by atoms with Crippen LogP contribution in [-0.4, -0.2) is 17.5 Å². The van der Waals surface area contributed by atoms with Crippen molar-refractivity contribution in [3.63, 3.8) is 0 Å². The molecule has 29 heavy (non-hydrogen) atoms. The molecule has 0 fully saturated rings. The first-order chi connectivity index (χ1) is 14.2. The zero-order valence-corrected chi connectivity index (χ0v) is 17.2. The van der Waals surface area contributed by atoms with E-state index in [1.165, 1.54) is 16.9 Å². The molecule has 2 aromatic carbocycles. The maximum Gasteiger partial charge on any atom is 0.260 e. The molecule has 0 saturated heterocycles. The lowest BCUT2D eigenvalue weighted by Crippen LogP contribution is -2.30. The molecule has 148 valence electrons. The van der Waals surface area contributed by atoms with Crippen LogP contribution in [0.2, 0.25) is 0 Å². The molecule has 0 unspecified atom stereocenters. The third kappa shape index (κ3) is 4.03. The summed E-state index contributed by atoms with van der Waals surface area (Å²) >= 11 is 1.52. The van der Waals surface area contributed by atoms with Gasteiger partial charge >= 0.3 is 0 Å². The first kappa shape index (κ1) is 19.2. The quantitative estimate of drug-likeness (QED) is 0.395. The lowest BCUT2D eigenvalue weighted by Gasteiger charge is -2.19. The van der Waals surface area contributed by atoms with Gasteiger partial charge in [-0.15, -0.1) is 0 Å². The molecule has 1 amide bonds. The van der Waals surface area contributed by atoms with Crippen molar-refractivity contribution in [2.45, 2.75) is 26.8 Å². The average Bonchev–Trinajstić information content (AvgIpc) is 3.41. The van der Waals surface area contributed by atoms with Crippen molar-refractivity contribution in [3.05, 3.63) is 77.7 Å². The van der Waals surface area contributed by atoms with Gasteiger partial charge in [0, 0.05) is 5.56 Å². The monoisotopic (exact) mass is 406 g/mol. The molecule has 5 nitrogen and oxygen atoms in total. The molecule has 0 N–H and O–H groups in total. The Bertz CT molecular complexity index is 1100. The number of furan rings is 1. The van der Waals surface area contributed by atoms with Gasteiger partial charge in [0.2, 0.25) is 0 Å². The number of carbonyl (C=O) groups excluding carboxylic acids is 1. The highest BCUT2D eigenvalue weighted by Gasteiger charge is 2.23. The number of aromatic nitrogens is 1. The molecule has 2 heterocycles. The number of anilines is 1. The largest absolute Gasteiger partial charge is 0.494 e. The molecule has 0 atom stereocenters. The van der Waals surface area contributed by atoms with Crippen molar-refractivity contribution in [2.75, 3.05) is 11.5 Å². The van der Waals surface area contributed by atoms with Gasteiger partial charge in [-0.05, 0) is 61.4 Å². The Morgan fingerprint density at radius 3 is 2.62 bits per heavy atom. The number of hydrogen-bond acceptors (Lipinski definition) is 5. The van der Waals surface area contributed by atoms with Crippen molar-refractivity contribution in [3.8, 4) is 5.75 Å². The SMILES string of the molecule is CCOc1ccc(C(=O)N(Cc2ccco2)c2nc3c(CC)cccc3s2)cc1. The van der Waals surface area contributed by atoms with Gasteiger partial charge in [0.1, 0.15) is 11.5 Å². The number of ether oxygens (including phenoxy) is 1. The number of para-hydroxylation sites is 1. The fraction of sp³-hybridized carbons (Fsp3) is 0.217. The van der Waals surface area contributed by atoms with Crippen LogP contribution >= 0.6 is 11.3 Å². The Balaban J connectivity index is 1.72. The number of thiazole rings is 1. The zero-order chi connectivity index (χ0) is 20.2. The summed E-state index contributed by atoms with van der Waals surface area (Å²) in [6, 6.07) is 17.0. The second kappa shape index (κ2) is 8.49. The predicted octanol–water partition coefficient (Wildman–Crippen LogP) is 5.70. The molecular formula is C23H22N2O3S. The minimum Gasteiger partial charge on any atom is -0.494 e. The highest BCUT2D eigenvalue weighted by molar-refractivity contribution is 7.22. The number of aryl methyl sites for hydroxylation is 1. The second-order valence-corrected chi connectivity index (χ2v) is 7.55. The number of nitrogens with zero attached hydrogens (tertiary/aromatic N) is 2. The molecule has 0 radical (unpaired) electrons. The summed E-state index contributed by atoms with van der Waals surface area (Å²) in [5.74, 6) is 1.33. The highest BCUT2D eigenvalue weighted by atomic mass is 32.1. The lowest BCUT2D eigenvalue weighted by molar-refractivity contribution is 0.0983. The number of hydrogen-bond donors (Lipinski definition) is 0.